The Balaban J connectivity index is 5.00. The molecule has 0 aliphatic rings. The van der Waals surface area contributed by atoms with E-state index in [1.54, 1.807) is 13.8 Å². The Bertz CT molecular complexity index is 618. The van der Waals surface area contributed by atoms with Crippen LogP contribution in [-0.2, 0) is 24.0 Å². The van der Waals surface area contributed by atoms with Crippen molar-refractivity contribution in [2.45, 2.75) is 50.9 Å². The van der Waals surface area contributed by atoms with E-state index < -0.39 is 60.2 Å². The molecule has 4 atom stereocenters. The van der Waals surface area contributed by atoms with Gasteiger partial charge in [0.1, 0.15) is 18.1 Å². The van der Waals surface area contributed by atoms with Crippen LogP contribution in [0.2, 0.25) is 0 Å². The summed E-state index contributed by atoms with van der Waals surface area (Å²) in [5, 5.41) is 24.8. The smallest absolute Gasteiger partial charge is 0.326 e. The molecule has 0 aliphatic carbocycles. The number of nitrogens with two attached hydrogens (primary N) is 1. The zero-order chi connectivity index (χ0) is 22.7. The van der Waals surface area contributed by atoms with Crippen molar-refractivity contribution in [2.75, 3.05) is 11.5 Å². The maximum absolute atomic E-state index is 12.4. The molecule has 0 saturated heterocycles. The first-order valence-electron chi connectivity index (χ1n) is 8.75. The molecule has 166 valence electrons. The van der Waals surface area contributed by atoms with Gasteiger partial charge in [0.05, 0.1) is 12.5 Å². The van der Waals surface area contributed by atoms with Crippen LogP contribution in [0.4, 0.5) is 0 Å². The van der Waals surface area contributed by atoms with E-state index in [1.165, 1.54) is 0 Å². The number of carboxylic acid groups (broad SMARTS) is 2. The van der Waals surface area contributed by atoms with E-state index in [-0.39, 0.29) is 23.8 Å². The molecule has 0 fully saturated rings. The molecule has 11 nitrogen and oxygen atoms in total. The van der Waals surface area contributed by atoms with Gasteiger partial charge in [0.15, 0.2) is 0 Å². The summed E-state index contributed by atoms with van der Waals surface area (Å²) < 4.78 is 0. The fourth-order valence-electron chi connectivity index (χ4n) is 2.19. The van der Waals surface area contributed by atoms with Crippen molar-refractivity contribution in [1.82, 2.24) is 16.0 Å². The standard InChI is InChI=1S/C16H28N4O7S2/c1-7(2)3-9(16(26)27)18-14(24)11(6-29)20-15(25)10(5-28)19-13(23)8(17)4-12(21)22/h7-11,28-29H,3-6,17H2,1-2H3,(H,18,24)(H,19,23)(H,20,25)(H,21,22)(H,26,27). The van der Waals surface area contributed by atoms with Gasteiger partial charge in [-0.05, 0) is 12.3 Å². The molecule has 0 aromatic carbocycles. The summed E-state index contributed by atoms with van der Waals surface area (Å²) in [7, 11) is 0. The lowest BCUT2D eigenvalue weighted by Crippen LogP contribution is -2.58. The van der Waals surface area contributed by atoms with Crippen molar-refractivity contribution < 1.29 is 34.2 Å². The van der Waals surface area contributed by atoms with Gasteiger partial charge in [-0.15, -0.1) is 0 Å². The zero-order valence-electron chi connectivity index (χ0n) is 16.1. The van der Waals surface area contributed by atoms with Gasteiger partial charge in [-0.1, -0.05) is 13.8 Å². The molecule has 13 heteroatoms. The van der Waals surface area contributed by atoms with Crippen LogP contribution >= 0.6 is 25.3 Å². The predicted molar refractivity (Wildman–Crippen MR) is 111 cm³/mol. The van der Waals surface area contributed by atoms with E-state index in [0.717, 1.165) is 0 Å². The van der Waals surface area contributed by atoms with Crippen molar-refractivity contribution in [1.29, 1.82) is 0 Å². The van der Waals surface area contributed by atoms with E-state index in [1.807, 2.05) is 0 Å². The van der Waals surface area contributed by atoms with E-state index in [2.05, 4.69) is 41.2 Å². The number of aliphatic carboxylic acids is 2. The number of amides is 3. The van der Waals surface area contributed by atoms with Crippen molar-refractivity contribution in [3.63, 3.8) is 0 Å². The molecule has 0 aliphatic heterocycles. The molecule has 0 spiro atoms. The van der Waals surface area contributed by atoms with Gasteiger partial charge in [-0.25, -0.2) is 4.79 Å². The fourth-order valence-corrected chi connectivity index (χ4v) is 2.70. The zero-order valence-corrected chi connectivity index (χ0v) is 17.9. The minimum Gasteiger partial charge on any atom is -0.481 e. The SMILES string of the molecule is CC(C)CC(NC(=O)C(CS)NC(=O)C(CS)NC(=O)C(N)CC(=O)O)C(=O)O. The maximum atomic E-state index is 12.4. The molecule has 4 unspecified atom stereocenters. The molecule has 0 bridgehead atoms. The minimum atomic E-state index is -1.36. The Hall–Kier alpha value is -1.99. The van der Waals surface area contributed by atoms with Crippen LogP contribution in [0.1, 0.15) is 26.7 Å². The largest absolute Gasteiger partial charge is 0.481 e. The number of rotatable bonds is 13. The number of hydrogen-bond acceptors (Lipinski definition) is 8. The van der Waals surface area contributed by atoms with E-state index in [9.17, 15) is 29.1 Å². The number of hydrogen-bond donors (Lipinski definition) is 8. The van der Waals surface area contributed by atoms with E-state index in [4.69, 9.17) is 10.8 Å². The topological polar surface area (TPSA) is 188 Å². The Kier molecular flexibility index (Phi) is 12.4. The highest BCUT2D eigenvalue weighted by Crippen LogP contribution is 2.06. The van der Waals surface area contributed by atoms with Crippen molar-refractivity contribution >= 4 is 54.9 Å². The average Bonchev–Trinajstić information content (AvgIpc) is 2.61. The quantitative estimate of drug-likeness (QED) is 0.151. The maximum Gasteiger partial charge on any atom is 0.326 e. The molecular weight excluding hydrogens is 424 g/mol. The van der Waals surface area contributed by atoms with Gasteiger partial charge < -0.3 is 31.9 Å². The number of carbonyl (C=O) groups excluding carboxylic acids is 3. The lowest BCUT2D eigenvalue weighted by atomic mass is 10.0. The van der Waals surface area contributed by atoms with Gasteiger partial charge in [0.25, 0.3) is 0 Å². The second-order valence-corrected chi connectivity index (χ2v) is 7.45. The van der Waals surface area contributed by atoms with Crippen LogP contribution in [0.5, 0.6) is 0 Å². The summed E-state index contributed by atoms with van der Waals surface area (Å²) in [5.74, 6) is -5.13. The third-order valence-corrected chi connectivity index (χ3v) is 4.41. The number of carbonyl (C=O) groups is 5. The van der Waals surface area contributed by atoms with Crippen LogP contribution < -0.4 is 21.7 Å². The van der Waals surface area contributed by atoms with Crippen LogP contribution in [-0.4, -0.2) is 75.5 Å². The summed E-state index contributed by atoms with van der Waals surface area (Å²) >= 11 is 7.96. The minimum absolute atomic E-state index is 0.0132. The van der Waals surface area contributed by atoms with Crippen molar-refractivity contribution in [2.24, 2.45) is 11.7 Å². The number of thiol groups is 2. The molecule has 29 heavy (non-hydrogen) atoms. The number of carboxylic acids is 2. The second kappa shape index (κ2) is 13.3. The van der Waals surface area contributed by atoms with Gasteiger partial charge in [0, 0.05) is 11.5 Å². The highest BCUT2D eigenvalue weighted by molar-refractivity contribution is 7.80. The lowest BCUT2D eigenvalue weighted by molar-refractivity contribution is -0.142. The summed E-state index contributed by atoms with van der Waals surface area (Å²) in [6.45, 7) is 3.60. The van der Waals surface area contributed by atoms with Crippen LogP contribution in [0.15, 0.2) is 0 Å². The highest BCUT2D eigenvalue weighted by atomic mass is 32.1. The normalized spacial score (nSPS) is 15.0. The first kappa shape index (κ1) is 27.0. The molecule has 0 radical (unpaired) electrons. The van der Waals surface area contributed by atoms with Crippen molar-refractivity contribution in [3.8, 4) is 0 Å². The Morgan fingerprint density at radius 3 is 1.59 bits per heavy atom. The van der Waals surface area contributed by atoms with E-state index in [0.29, 0.717) is 0 Å². The Labute approximate surface area is 179 Å². The molecule has 3 amide bonds. The summed E-state index contributed by atoms with van der Waals surface area (Å²) in [5.41, 5.74) is 5.44. The highest BCUT2D eigenvalue weighted by Gasteiger charge is 2.29. The van der Waals surface area contributed by atoms with Crippen molar-refractivity contribution in [3.05, 3.63) is 0 Å². The van der Waals surface area contributed by atoms with E-state index >= 15 is 0 Å². The molecular formula is C16H28N4O7S2. The first-order chi connectivity index (χ1) is 13.4. The molecule has 0 saturated carbocycles. The fraction of sp³-hybridized carbons (Fsp3) is 0.688. The summed E-state index contributed by atoms with van der Waals surface area (Å²) in [4.78, 5) is 58.5. The van der Waals surface area contributed by atoms with Gasteiger partial charge in [-0.2, -0.15) is 25.3 Å². The Morgan fingerprint density at radius 2 is 1.24 bits per heavy atom. The third-order valence-electron chi connectivity index (χ3n) is 3.68. The molecule has 0 heterocycles. The van der Waals surface area contributed by atoms with Gasteiger partial charge >= 0.3 is 11.9 Å². The Morgan fingerprint density at radius 1 is 0.828 bits per heavy atom. The first-order valence-corrected chi connectivity index (χ1v) is 10.0. The van der Waals surface area contributed by atoms with Gasteiger partial charge in [-0.3, -0.25) is 19.2 Å². The molecule has 0 aromatic heterocycles. The van der Waals surface area contributed by atoms with Gasteiger partial charge in [0.2, 0.25) is 17.7 Å². The summed E-state index contributed by atoms with van der Waals surface area (Å²) in [6.07, 6.45) is -0.425. The lowest BCUT2D eigenvalue weighted by Gasteiger charge is -2.24. The number of nitrogens with one attached hydrogen (secondary N) is 3. The van der Waals surface area contributed by atoms with Crippen LogP contribution in [0.3, 0.4) is 0 Å². The predicted octanol–water partition coefficient (Wildman–Crippen LogP) is -1.77. The molecule has 7 N–H and O–H groups in total. The molecule has 0 rings (SSSR count). The monoisotopic (exact) mass is 452 g/mol. The molecule has 0 aromatic rings. The van der Waals surface area contributed by atoms with Crippen LogP contribution in [0, 0.1) is 5.92 Å². The second-order valence-electron chi connectivity index (χ2n) is 6.72. The summed E-state index contributed by atoms with van der Waals surface area (Å²) in [6, 6.07) is -4.84. The van der Waals surface area contributed by atoms with Crippen LogP contribution in [0.25, 0.3) is 0 Å². The third kappa shape index (κ3) is 10.4. The average molecular weight is 453 g/mol.